The first-order chi connectivity index (χ1) is 4.98. The minimum Gasteiger partial charge on any atom is -0.417 e. The fourth-order valence-electron chi connectivity index (χ4n) is 0.428. The van der Waals surface area contributed by atoms with Crippen LogP contribution < -0.4 is 0 Å². The summed E-state index contributed by atoms with van der Waals surface area (Å²) in [5.41, 5.74) is 2.22. The summed E-state index contributed by atoms with van der Waals surface area (Å²) >= 11 is 1.85. The van der Waals surface area contributed by atoms with E-state index >= 15 is 0 Å². The summed E-state index contributed by atoms with van der Waals surface area (Å²) in [5, 5.41) is 2.84. The van der Waals surface area contributed by atoms with Crippen LogP contribution in [0, 0.1) is 0 Å². The van der Waals surface area contributed by atoms with Crippen molar-refractivity contribution in [2.24, 2.45) is 0 Å². The van der Waals surface area contributed by atoms with Crippen molar-refractivity contribution < 1.29 is 4.43 Å². The van der Waals surface area contributed by atoms with E-state index in [1.165, 1.54) is 0 Å². The van der Waals surface area contributed by atoms with Crippen molar-refractivity contribution in [1.82, 2.24) is 0 Å². The minimum absolute atomic E-state index is 0.674. The van der Waals surface area contributed by atoms with Gasteiger partial charge < -0.3 is 4.43 Å². The van der Waals surface area contributed by atoms with Gasteiger partial charge in [0, 0.05) is 12.4 Å². The van der Waals surface area contributed by atoms with Crippen LogP contribution >= 0.6 is 11.8 Å². The maximum absolute atomic E-state index is 5.36. The van der Waals surface area contributed by atoms with Crippen LogP contribution in [0.1, 0.15) is 13.8 Å². The highest BCUT2D eigenvalue weighted by molar-refractivity contribution is 8.02. The Morgan fingerprint density at radius 2 is 1.91 bits per heavy atom. The second-order valence-electron chi connectivity index (χ2n) is 3.30. The highest BCUT2D eigenvalue weighted by Crippen LogP contribution is 2.13. The largest absolute Gasteiger partial charge is 0.417 e. The number of hydrogen-bond acceptors (Lipinski definition) is 2. The van der Waals surface area contributed by atoms with Gasteiger partial charge in [-0.05, 0) is 18.5 Å². The smallest absolute Gasteiger partial charge is 0.211 e. The second-order valence-corrected chi connectivity index (χ2v) is 8.73. The predicted molar refractivity (Wildman–Crippen MR) is 56.4 cm³/mol. The van der Waals surface area contributed by atoms with Gasteiger partial charge in [0.15, 0.2) is 0 Å². The van der Waals surface area contributed by atoms with Gasteiger partial charge >= 0.3 is 0 Å². The molecule has 0 aliphatic rings. The number of thioether (sulfide) groups is 1. The van der Waals surface area contributed by atoms with E-state index in [-0.39, 0.29) is 0 Å². The molecule has 0 aromatic rings. The van der Waals surface area contributed by atoms with Crippen molar-refractivity contribution in [2.45, 2.75) is 32.2 Å². The SMILES string of the molecule is CO[Si](C)(C)/C=C/SC(C)C. The molecule has 0 fully saturated rings. The van der Waals surface area contributed by atoms with Crippen LogP contribution in [0.4, 0.5) is 0 Å². The van der Waals surface area contributed by atoms with Crippen LogP contribution in [0.3, 0.4) is 0 Å². The zero-order chi connectivity index (χ0) is 8.91. The van der Waals surface area contributed by atoms with Crippen LogP contribution in [0.5, 0.6) is 0 Å². The maximum atomic E-state index is 5.36. The Morgan fingerprint density at radius 3 is 2.27 bits per heavy atom. The molecule has 0 aromatic carbocycles. The van der Waals surface area contributed by atoms with E-state index in [4.69, 9.17) is 4.43 Å². The molecule has 0 rings (SSSR count). The lowest BCUT2D eigenvalue weighted by molar-refractivity contribution is 0.415. The van der Waals surface area contributed by atoms with Gasteiger partial charge in [-0.15, -0.1) is 11.8 Å². The van der Waals surface area contributed by atoms with Crippen molar-refractivity contribution >= 4 is 20.1 Å². The van der Waals surface area contributed by atoms with Gasteiger partial charge in [0.25, 0.3) is 0 Å². The third-order valence-corrected chi connectivity index (χ3v) is 4.45. The molecule has 0 saturated carbocycles. The lowest BCUT2D eigenvalue weighted by Gasteiger charge is -2.14. The van der Waals surface area contributed by atoms with Gasteiger partial charge in [0.2, 0.25) is 8.32 Å². The average molecular weight is 190 g/mol. The summed E-state index contributed by atoms with van der Waals surface area (Å²) in [5.74, 6) is 0. The van der Waals surface area contributed by atoms with Crippen molar-refractivity contribution in [1.29, 1.82) is 0 Å². The number of rotatable bonds is 4. The van der Waals surface area contributed by atoms with Crippen LogP contribution in [-0.2, 0) is 4.43 Å². The molecule has 0 N–H and O–H groups in total. The molecule has 66 valence electrons. The van der Waals surface area contributed by atoms with E-state index in [0.717, 1.165) is 0 Å². The van der Waals surface area contributed by atoms with Gasteiger partial charge in [-0.25, -0.2) is 0 Å². The van der Waals surface area contributed by atoms with E-state index in [1.54, 1.807) is 7.11 Å². The molecule has 0 aliphatic heterocycles. The summed E-state index contributed by atoms with van der Waals surface area (Å²) in [6.45, 7) is 8.75. The van der Waals surface area contributed by atoms with Crippen molar-refractivity contribution in [2.75, 3.05) is 7.11 Å². The minimum atomic E-state index is -1.45. The third-order valence-electron chi connectivity index (χ3n) is 1.35. The maximum Gasteiger partial charge on any atom is 0.211 e. The summed E-state index contributed by atoms with van der Waals surface area (Å²) in [7, 11) is 0.343. The van der Waals surface area contributed by atoms with Gasteiger partial charge in [-0.1, -0.05) is 19.5 Å². The molecule has 0 aromatic heterocycles. The summed E-state index contributed by atoms with van der Waals surface area (Å²) in [6.07, 6.45) is 0. The fourth-order valence-corrected chi connectivity index (χ4v) is 2.50. The molecular formula is C8H18OSSi. The van der Waals surface area contributed by atoms with E-state index in [2.05, 4.69) is 38.0 Å². The normalized spacial score (nSPS) is 13.3. The van der Waals surface area contributed by atoms with Crippen molar-refractivity contribution in [3.63, 3.8) is 0 Å². The molecule has 1 nitrogen and oxygen atoms in total. The van der Waals surface area contributed by atoms with Gasteiger partial charge in [-0.2, -0.15) is 0 Å². The predicted octanol–water partition coefficient (Wildman–Crippen LogP) is 3.03. The second kappa shape index (κ2) is 5.01. The van der Waals surface area contributed by atoms with Crippen molar-refractivity contribution in [3.05, 3.63) is 11.1 Å². The monoisotopic (exact) mass is 190 g/mol. The molecule has 0 unspecified atom stereocenters. The molecule has 0 saturated heterocycles. The van der Waals surface area contributed by atoms with E-state index in [0.29, 0.717) is 5.25 Å². The Kier molecular flexibility index (Phi) is 5.13. The van der Waals surface area contributed by atoms with Crippen LogP contribution in [0.25, 0.3) is 0 Å². The molecule has 0 aliphatic carbocycles. The van der Waals surface area contributed by atoms with E-state index < -0.39 is 8.32 Å². The first kappa shape index (κ1) is 11.3. The van der Waals surface area contributed by atoms with Crippen LogP contribution in [0.2, 0.25) is 13.1 Å². The fraction of sp³-hybridized carbons (Fsp3) is 0.750. The molecular weight excluding hydrogens is 172 g/mol. The topological polar surface area (TPSA) is 9.23 Å². The quantitative estimate of drug-likeness (QED) is 0.630. The van der Waals surface area contributed by atoms with Gasteiger partial charge in [0.1, 0.15) is 0 Å². The Hall–Kier alpha value is 0.267. The summed E-state index contributed by atoms with van der Waals surface area (Å²) in [4.78, 5) is 0. The first-order valence-electron chi connectivity index (χ1n) is 3.86. The molecule has 11 heavy (non-hydrogen) atoms. The van der Waals surface area contributed by atoms with Gasteiger partial charge in [0.05, 0.1) is 0 Å². The molecule has 0 bridgehead atoms. The molecule has 0 atom stereocenters. The van der Waals surface area contributed by atoms with Crippen LogP contribution in [0.15, 0.2) is 11.1 Å². The number of hydrogen-bond donors (Lipinski definition) is 0. The van der Waals surface area contributed by atoms with E-state index in [1.807, 2.05) is 11.8 Å². The average Bonchev–Trinajstić information content (AvgIpc) is 1.87. The summed E-state index contributed by atoms with van der Waals surface area (Å²) in [6, 6.07) is 0. The lowest BCUT2D eigenvalue weighted by Crippen LogP contribution is -2.25. The van der Waals surface area contributed by atoms with Crippen molar-refractivity contribution in [3.8, 4) is 0 Å². The lowest BCUT2D eigenvalue weighted by atomic mass is 10.6. The zero-order valence-corrected chi connectivity index (χ0v) is 9.87. The highest BCUT2D eigenvalue weighted by Gasteiger charge is 2.15. The molecule has 3 heteroatoms. The molecule has 0 heterocycles. The zero-order valence-electron chi connectivity index (χ0n) is 8.05. The van der Waals surface area contributed by atoms with E-state index in [9.17, 15) is 0 Å². The Bertz CT molecular complexity index is 132. The molecule has 0 spiro atoms. The van der Waals surface area contributed by atoms with Crippen LogP contribution in [-0.4, -0.2) is 20.7 Å². The standard InChI is InChI=1S/C8H18OSSi/c1-8(2)10-6-7-11(4,5)9-3/h6-8H,1-5H3/b7-6+. The molecule has 0 radical (unpaired) electrons. The molecule has 0 amide bonds. The summed E-state index contributed by atoms with van der Waals surface area (Å²) < 4.78 is 5.36. The highest BCUT2D eigenvalue weighted by atomic mass is 32.2. The third kappa shape index (κ3) is 6.66. The Labute approximate surface area is 75.3 Å². The first-order valence-corrected chi connectivity index (χ1v) is 7.79. The Balaban J connectivity index is 3.73. The van der Waals surface area contributed by atoms with Gasteiger partial charge in [-0.3, -0.25) is 0 Å². The Morgan fingerprint density at radius 1 is 1.36 bits per heavy atom.